The Kier molecular flexibility index (Phi) is 4.63. The standard InChI is InChI=1S/C10H8ClFN2O4S3/c11-20(15,16)10-2-1-8(19-10)5-14-21(17,18)9-3-7(12)4-13-6-9/h1-4,6,14H,5H2. The van der Waals surface area contributed by atoms with E-state index in [2.05, 4.69) is 9.71 Å². The molecule has 1 N–H and O–H groups in total. The number of nitrogens with zero attached hydrogens (tertiary/aromatic N) is 1. The van der Waals surface area contributed by atoms with Gasteiger partial charge in [0.15, 0.2) is 0 Å². The third-order valence-electron chi connectivity index (χ3n) is 2.30. The van der Waals surface area contributed by atoms with Gasteiger partial charge in [0.1, 0.15) is 14.9 Å². The Morgan fingerprint density at radius 3 is 2.52 bits per heavy atom. The molecule has 0 saturated carbocycles. The lowest BCUT2D eigenvalue weighted by Crippen LogP contribution is -2.23. The molecule has 11 heteroatoms. The molecular weight excluding hydrogens is 363 g/mol. The Hall–Kier alpha value is -1.07. The minimum Gasteiger partial charge on any atom is -0.260 e. The van der Waals surface area contributed by atoms with E-state index in [1.54, 1.807) is 0 Å². The molecular formula is C10H8ClFN2O4S3. The van der Waals surface area contributed by atoms with E-state index in [-0.39, 0.29) is 15.6 Å². The Labute approximate surface area is 129 Å². The summed E-state index contributed by atoms with van der Waals surface area (Å²) in [5.41, 5.74) is 0. The molecule has 0 bridgehead atoms. The van der Waals surface area contributed by atoms with Crippen molar-refractivity contribution in [1.29, 1.82) is 0 Å². The predicted octanol–water partition coefficient (Wildman–Crippen LogP) is 1.69. The van der Waals surface area contributed by atoms with Crippen LogP contribution in [0.25, 0.3) is 0 Å². The summed E-state index contributed by atoms with van der Waals surface area (Å²) in [7, 11) is -2.61. The maximum atomic E-state index is 13.0. The maximum Gasteiger partial charge on any atom is 0.270 e. The number of sulfonamides is 1. The van der Waals surface area contributed by atoms with Gasteiger partial charge in [-0.25, -0.2) is 25.9 Å². The summed E-state index contributed by atoms with van der Waals surface area (Å²) in [5, 5.41) is 0. The largest absolute Gasteiger partial charge is 0.270 e. The van der Waals surface area contributed by atoms with Crippen LogP contribution in [0, 0.1) is 5.82 Å². The van der Waals surface area contributed by atoms with Crippen molar-refractivity contribution in [2.75, 3.05) is 0 Å². The van der Waals surface area contributed by atoms with E-state index in [4.69, 9.17) is 10.7 Å². The van der Waals surface area contributed by atoms with Gasteiger partial charge in [0.25, 0.3) is 9.05 Å². The second kappa shape index (κ2) is 5.97. The molecule has 0 aliphatic carbocycles. The normalized spacial score (nSPS) is 12.5. The number of aromatic nitrogens is 1. The van der Waals surface area contributed by atoms with Crippen molar-refractivity contribution in [1.82, 2.24) is 9.71 Å². The molecule has 0 unspecified atom stereocenters. The van der Waals surface area contributed by atoms with Gasteiger partial charge in [-0.2, -0.15) is 0 Å². The SMILES string of the molecule is O=S(=O)(Cl)c1ccc(CNS(=O)(=O)c2cncc(F)c2)s1. The van der Waals surface area contributed by atoms with Gasteiger partial charge >= 0.3 is 0 Å². The fraction of sp³-hybridized carbons (Fsp3) is 0.100. The zero-order valence-electron chi connectivity index (χ0n) is 10.2. The van der Waals surface area contributed by atoms with Crippen LogP contribution in [0.1, 0.15) is 4.88 Å². The van der Waals surface area contributed by atoms with Crippen molar-refractivity contribution >= 4 is 41.1 Å². The third-order valence-corrected chi connectivity index (χ3v) is 6.85. The molecule has 0 fully saturated rings. The van der Waals surface area contributed by atoms with E-state index in [0.717, 1.165) is 29.8 Å². The van der Waals surface area contributed by atoms with Crippen LogP contribution in [-0.4, -0.2) is 21.8 Å². The lowest BCUT2D eigenvalue weighted by molar-refractivity contribution is 0.576. The van der Waals surface area contributed by atoms with Crippen molar-refractivity contribution in [2.45, 2.75) is 15.6 Å². The third kappa shape index (κ3) is 4.20. The Bertz CT molecular complexity index is 864. The molecule has 0 atom stereocenters. The van der Waals surface area contributed by atoms with Gasteiger partial charge in [-0.3, -0.25) is 4.98 Å². The monoisotopic (exact) mass is 370 g/mol. The molecule has 0 aliphatic rings. The molecule has 0 radical (unpaired) electrons. The predicted molar refractivity (Wildman–Crippen MR) is 75.6 cm³/mol. The molecule has 2 aromatic heterocycles. The highest BCUT2D eigenvalue weighted by Crippen LogP contribution is 2.25. The van der Waals surface area contributed by atoms with Crippen LogP contribution >= 0.6 is 22.0 Å². The Morgan fingerprint density at radius 1 is 1.24 bits per heavy atom. The van der Waals surface area contributed by atoms with Crippen molar-refractivity contribution < 1.29 is 21.2 Å². The first-order chi connectivity index (χ1) is 9.68. The summed E-state index contributed by atoms with van der Waals surface area (Å²) >= 11 is 0.842. The van der Waals surface area contributed by atoms with Crippen molar-refractivity contribution in [2.24, 2.45) is 0 Å². The van der Waals surface area contributed by atoms with Crippen molar-refractivity contribution in [3.8, 4) is 0 Å². The van der Waals surface area contributed by atoms with E-state index in [9.17, 15) is 21.2 Å². The molecule has 2 heterocycles. The summed E-state index contributed by atoms with van der Waals surface area (Å²) in [5.74, 6) is -0.774. The van der Waals surface area contributed by atoms with Crippen LogP contribution < -0.4 is 4.72 Å². The molecule has 0 aromatic carbocycles. The van der Waals surface area contributed by atoms with Gasteiger partial charge in [-0.15, -0.1) is 11.3 Å². The van der Waals surface area contributed by atoms with E-state index >= 15 is 0 Å². The Morgan fingerprint density at radius 2 is 1.95 bits per heavy atom. The molecule has 0 aliphatic heterocycles. The lowest BCUT2D eigenvalue weighted by atomic mass is 10.5. The van der Waals surface area contributed by atoms with Crippen molar-refractivity contribution in [3.05, 3.63) is 41.3 Å². The summed E-state index contributed by atoms with van der Waals surface area (Å²) in [6.07, 6.45) is 1.89. The highest BCUT2D eigenvalue weighted by molar-refractivity contribution is 8.15. The molecule has 21 heavy (non-hydrogen) atoms. The number of hydrogen-bond donors (Lipinski definition) is 1. The molecule has 114 valence electrons. The maximum absolute atomic E-state index is 13.0. The second-order valence-electron chi connectivity index (χ2n) is 3.82. The average molecular weight is 371 g/mol. The fourth-order valence-corrected chi connectivity index (χ4v) is 4.51. The first kappa shape index (κ1) is 16.3. The molecule has 0 saturated heterocycles. The van der Waals surface area contributed by atoms with Gasteiger partial charge in [0.05, 0.1) is 6.20 Å². The van der Waals surface area contributed by atoms with Crippen LogP contribution in [-0.2, 0) is 25.6 Å². The number of rotatable bonds is 5. The Balaban J connectivity index is 2.14. The summed E-state index contributed by atoms with van der Waals surface area (Å²) in [6, 6.07) is 3.55. The van der Waals surface area contributed by atoms with E-state index in [1.807, 2.05) is 0 Å². The quantitative estimate of drug-likeness (QED) is 0.808. The van der Waals surface area contributed by atoms with Gasteiger partial charge in [0, 0.05) is 28.3 Å². The number of hydrogen-bond acceptors (Lipinski definition) is 6. The van der Waals surface area contributed by atoms with Crippen LogP contribution in [0.15, 0.2) is 39.7 Å². The molecule has 2 rings (SSSR count). The van der Waals surface area contributed by atoms with Crippen molar-refractivity contribution in [3.63, 3.8) is 0 Å². The van der Waals surface area contributed by atoms with Gasteiger partial charge in [0.2, 0.25) is 10.0 Å². The first-order valence-corrected chi connectivity index (χ1v) is 9.93. The van der Waals surface area contributed by atoms with Crippen LogP contribution in [0.5, 0.6) is 0 Å². The smallest absolute Gasteiger partial charge is 0.260 e. The minimum absolute atomic E-state index is 0.0780. The summed E-state index contributed by atoms with van der Waals surface area (Å²) in [4.78, 5) is 3.58. The topological polar surface area (TPSA) is 93.2 Å². The molecule has 2 aromatic rings. The molecule has 6 nitrogen and oxygen atoms in total. The van der Waals surface area contributed by atoms with Crippen LogP contribution in [0.2, 0.25) is 0 Å². The first-order valence-electron chi connectivity index (χ1n) is 5.32. The summed E-state index contributed by atoms with van der Waals surface area (Å²) in [6.45, 7) is -0.143. The number of pyridine rings is 1. The molecule has 0 amide bonds. The van der Waals surface area contributed by atoms with Gasteiger partial charge < -0.3 is 0 Å². The zero-order chi connectivity index (χ0) is 15.7. The van der Waals surface area contributed by atoms with E-state index in [1.165, 1.54) is 12.1 Å². The fourth-order valence-electron chi connectivity index (χ4n) is 1.37. The number of nitrogens with one attached hydrogen (secondary N) is 1. The van der Waals surface area contributed by atoms with Crippen LogP contribution in [0.4, 0.5) is 4.39 Å². The minimum atomic E-state index is -3.94. The average Bonchev–Trinajstić information content (AvgIpc) is 2.85. The van der Waals surface area contributed by atoms with Gasteiger partial charge in [-0.05, 0) is 18.2 Å². The molecule has 0 spiro atoms. The number of thiophene rings is 1. The van der Waals surface area contributed by atoms with E-state index in [0.29, 0.717) is 4.88 Å². The highest BCUT2D eigenvalue weighted by Gasteiger charge is 2.17. The van der Waals surface area contributed by atoms with Crippen LogP contribution in [0.3, 0.4) is 0 Å². The highest BCUT2D eigenvalue weighted by atomic mass is 35.7. The number of halogens is 2. The van der Waals surface area contributed by atoms with Gasteiger partial charge in [-0.1, -0.05) is 0 Å². The summed E-state index contributed by atoms with van der Waals surface area (Å²) < 4.78 is 61.1. The lowest BCUT2D eigenvalue weighted by Gasteiger charge is -2.05. The second-order valence-corrected chi connectivity index (χ2v) is 9.55. The van der Waals surface area contributed by atoms with E-state index < -0.39 is 24.9 Å². The zero-order valence-corrected chi connectivity index (χ0v) is 13.4.